The molecule has 1 aliphatic heterocycles. The molecule has 1 atom stereocenters. The van der Waals surface area contributed by atoms with Crippen LogP contribution in [-0.4, -0.2) is 19.7 Å². The Morgan fingerprint density at radius 2 is 1.88 bits per heavy atom. The zero-order valence-electron chi connectivity index (χ0n) is 14.1. The summed E-state index contributed by atoms with van der Waals surface area (Å²) in [5.74, 6) is 0.379. The lowest BCUT2D eigenvalue weighted by Crippen LogP contribution is -2.27. The highest BCUT2D eigenvalue weighted by Gasteiger charge is 2.35. The minimum absolute atomic E-state index is 0.0253. The topological polar surface area (TPSA) is 96.8 Å². The van der Waals surface area contributed by atoms with E-state index in [1.165, 1.54) is 0 Å². The van der Waals surface area contributed by atoms with E-state index in [2.05, 4.69) is 0 Å². The minimum Gasteiger partial charge on any atom is -0.497 e. The highest BCUT2D eigenvalue weighted by Crippen LogP contribution is 2.43. The molecule has 1 aliphatic rings. The van der Waals surface area contributed by atoms with Gasteiger partial charge in [0, 0.05) is 17.3 Å². The summed E-state index contributed by atoms with van der Waals surface area (Å²) in [6.07, 6.45) is 0. The molecule has 0 aliphatic carbocycles. The van der Waals surface area contributed by atoms with Gasteiger partial charge in [-0.2, -0.15) is 0 Å². The fourth-order valence-electron chi connectivity index (χ4n) is 2.92. The zero-order chi connectivity index (χ0) is 18.0. The number of esters is 1. The van der Waals surface area contributed by atoms with Gasteiger partial charge in [0.25, 0.3) is 0 Å². The number of rotatable bonds is 4. The fourth-order valence-corrected chi connectivity index (χ4v) is 2.92. The van der Waals surface area contributed by atoms with Gasteiger partial charge in [-0.3, -0.25) is 0 Å². The summed E-state index contributed by atoms with van der Waals surface area (Å²) in [4.78, 5) is 12.5. The molecule has 0 saturated carbocycles. The Kier molecular flexibility index (Phi) is 4.52. The average molecular weight is 340 g/mol. The molecule has 0 spiro atoms. The molecular formula is C19H20N2O4. The lowest BCUT2D eigenvalue weighted by Gasteiger charge is -2.28. The monoisotopic (exact) mass is 340 g/mol. The van der Waals surface area contributed by atoms with Crippen LogP contribution in [0, 0.1) is 0 Å². The molecule has 4 N–H and O–H groups in total. The molecule has 0 radical (unpaired) electrons. The normalized spacial score (nSPS) is 16.0. The largest absolute Gasteiger partial charge is 0.497 e. The molecule has 2 aromatic rings. The third-order valence-electron chi connectivity index (χ3n) is 4.07. The van der Waals surface area contributed by atoms with E-state index >= 15 is 0 Å². The van der Waals surface area contributed by atoms with Crippen molar-refractivity contribution in [3.63, 3.8) is 0 Å². The van der Waals surface area contributed by atoms with Crippen LogP contribution in [0.5, 0.6) is 11.5 Å². The van der Waals surface area contributed by atoms with Crippen molar-refractivity contribution >= 4 is 11.7 Å². The van der Waals surface area contributed by atoms with E-state index in [9.17, 15) is 4.79 Å². The average Bonchev–Trinajstić information content (AvgIpc) is 2.60. The van der Waals surface area contributed by atoms with Gasteiger partial charge < -0.3 is 25.7 Å². The van der Waals surface area contributed by atoms with E-state index in [0.29, 0.717) is 11.4 Å². The molecule has 0 aromatic heterocycles. The first-order valence-corrected chi connectivity index (χ1v) is 7.93. The van der Waals surface area contributed by atoms with Gasteiger partial charge in [0.15, 0.2) is 0 Å². The van der Waals surface area contributed by atoms with E-state index in [4.69, 9.17) is 25.7 Å². The Bertz CT molecular complexity index is 828. The number of hydrogen-bond acceptors (Lipinski definition) is 6. The van der Waals surface area contributed by atoms with E-state index < -0.39 is 11.9 Å². The van der Waals surface area contributed by atoms with Gasteiger partial charge in [-0.15, -0.1) is 0 Å². The molecule has 1 heterocycles. The molecule has 130 valence electrons. The van der Waals surface area contributed by atoms with Crippen LogP contribution < -0.4 is 20.9 Å². The summed E-state index contributed by atoms with van der Waals surface area (Å²) < 4.78 is 16.0. The SMILES string of the molecule is CCOC(=O)C1=C(N)Oc2cc(N)ccc2[C@H]1c1ccc(OC)cc1. The molecule has 0 bridgehead atoms. The van der Waals surface area contributed by atoms with E-state index in [1.807, 2.05) is 30.3 Å². The molecule has 0 unspecified atom stereocenters. The first kappa shape index (κ1) is 16.7. The molecule has 3 rings (SSSR count). The van der Waals surface area contributed by atoms with Crippen molar-refractivity contribution < 1.29 is 19.0 Å². The van der Waals surface area contributed by atoms with E-state index in [1.54, 1.807) is 26.2 Å². The molecule has 2 aromatic carbocycles. The Balaban J connectivity index is 2.15. The van der Waals surface area contributed by atoms with E-state index in [-0.39, 0.29) is 18.1 Å². The molecule has 6 heteroatoms. The van der Waals surface area contributed by atoms with Crippen molar-refractivity contribution in [3.05, 3.63) is 65.0 Å². The number of benzene rings is 2. The van der Waals surface area contributed by atoms with Crippen LogP contribution in [0.15, 0.2) is 53.9 Å². The van der Waals surface area contributed by atoms with Gasteiger partial charge in [0.2, 0.25) is 5.88 Å². The zero-order valence-corrected chi connectivity index (χ0v) is 14.1. The number of hydrogen-bond donors (Lipinski definition) is 2. The summed E-state index contributed by atoms with van der Waals surface area (Å²) in [7, 11) is 1.60. The number of fused-ring (bicyclic) bond motifs is 1. The maximum absolute atomic E-state index is 12.5. The molecule has 0 saturated heterocycles. The molecular weight excluding hydrogens is 320 g/mol. The van der Waals surface area contributed by atoms with Crippen molar-refractivity contribution in [1.82, 2.24) is 0 Å². The van der Waals surface area contributed by atoms with Crippen LogP contribution in [0.25, 0.3) is 0 Å². The standard InChI is InChI=1S/C19H20N2O4/c1-3-24-19(22)17-16(11-4-7-13(23-2)8-5-11)14-9-6-12(20)10-15(14)25-18(17)21/h4-10,16H,3,20-21H2,1-2H3/t16-/m1/s1. The maximum Gasteiger partial charge on any atom is 0.340 e. The number of nitrogen functional groups attached to an aromatic ring is 1. The highest BCUT2D eigenvalue weighted by atomic mass is 16.5. The van der Waals surface area contributed by atoms with Gasteiger partial charge in [-0.25, -0.2) is 4.79 Å². The molecule has 6 nitrogen and oxygen atoms in total. The second-order valence-electron chi connectivity index (χ2n) is 5.60. The Labute approximate surface area is 146 Å². The summed E-state index contributed by atoms with van der Waals surface area (Å²) in [6, 6.07) is 12.7. The van der Waals surface area contributed by atoms with Crippen molar-refractivity contribution in [2.45, 2.75) is 12.8 Å². The molecule has 0 amide bonds. The number of ether oxygens (including phenoxy) is 3. The van der Waals surface area contributed by atoms with Gasteiger partial charge >= 0.3 is 5.97 Å². The Morgan fingerprint density at radius 1 is 1.16 bits per heavy atom. The summed E-state index contributed by atoms with van der Waals surface area (Å²) in [6.45, 7) is 1.99. The van der Waals surface area contributed by atoms with Crippen molar-refractivity contribution in [1.29, 1.82) is 0 Å². The van der Waals surface area contributed by atoms with Crippen LogP contribution in [0.2, 0.25) is 0 Å². The maximum atomic E-state index is 12.5. The molecule has 0 fully saturated rings. The fraction of sp³-hybridized carbons (Fsp3) is 0.211. The summed E-state index contributed by atoms with van der Waals surface area (Å²) in [5, 5.41) is 0. The van der Waals surface area contributed by atoms with Crippen LogP contribution >= 0.6 is 0 Å². The van der Waals surface area contributed by atoms with Gasteiger partial charge in [0.1, 0.15) is 17.1 Å². The Hall–Kier alpha value is -3.15. The van der Waals surface area contributed by atoms with Gasteiger partial charge in [-0.05, 0) is 30.7 Å². The second kappa shape index (κ2) is 6.76. The predicted molar refractivity (Wildman–Crippen MR) is 94.2 cm³/mol. The van der Waals surface area contributed by atoms with Crippen LogP contribution in [0.3, 0.4) is 0 Å². The first-order chi connectivity index (χ1) is 12.0. The third-order valence-corrected chi connectivity index (χ3v) is 4.07. The van der Waals surface area contributed by atoms with Gasteiger partial charge in [-0.1, -0.05) is 18.2 Å². The van der Waals surface area contributed by atoms with Crippen LogP contribution in [-0.2, 0) is 9.53 Å². The van der Waals surface area contributed by atoms with Gasteiger partial charge in [0.05, 0.1) is 19.6 Å². The summed E-state index contributed by atoms with van der Waals surface area (Å²) >= 11 is 0. The summed E-state index contributed by atoms with van der Waals surface area (Å²) in [5.41, 5.74) is 14.4. The van der Waals surface area contributed by atoms with E-state index in [0.717, 1.165) is 16.9 Å². The second-order valence-corrected chi connectivity index (χ2v) is 5.60. The lowest BCUT2D eigenvalue weighted by atomic mass is 9.83. The lowest BCUT2D eigenvalue weighted by molar-refractivity contribution is -0.139. The quantitative estimate of drug-likeness (QED) is 0.656. The molecule has 25 heavy (non-hydrogen) atoms. The minimum atomic E-state index is -0.497. The van der Waals surface area contributed by atoms with Crippen LogP contribution in [0.1, 0.15) is 24.0 Å². The first-order valence-electron chi connectivity index (χ1n) is 7.93. The number of carbonyl (C=O) groups excluding carboxylic acids is 1. The number of nitrogens with two attached hydrogens (primary N) is 2. The van der Waals surface area contributed by atoms with Crippen molar-refractivity contribution in [2.75, 3.05) is 19.5 Å². The van der Waals surface area contributed by atoms with Crippen molar-refractivity contribution in [3.8, 4) is 11.5 Å². The smallest absolute Gasteiger partial charge is 0.340 e. The highest BCUT2D eigenvalue weighted by molar-refractivity contribution is 5.92. The number of anilines is 1. The van der Waals surface area contributed by atoms with Crippen LogP contribution in [0.4, 0.5) is 5.69 Å². The van der Waals surface area contributed by atoms with Crippen molar-refractivity contribution in [2.24, 2.45) is 5.73 Å². The Morgan fingerprint density at radius 3 is 2.52 bits per heavy atom. The number of carbonyl (C=O) groups is 1. The predicted octanol–water partition coefficient (Wildman–Crippen LogP) is 2.54. The third kappa shape index (κ3) is 3.10. The number of methoxy groups -OCH3 is 1.